The highest BCUT2D eigenvalue weighted by Gasteiger charge is 2.30. The van der Waals surface area contributed by atoms with Gasteiger partial charge in [0.2, 0.25) is 0 Å². The van der Waals surface area contributed by atoms with Gasteiger partial charge in [0.05, 0.1) is 0 Å². The lowest BCUT2D eigenvalue weighted by molar-refractivity contribution is -0.156. The highest BCUT2D eigenvalue weighted by molar-refractivity contribution is 5.76. The molecule has 1 aromatic heterocycles. The zero-order chi connectivity index (χ0) is 10.8. The molecule has 0 fully saturated rings. The first-order valence-corrected chi connectivity index (χ1v) is 4.15. The van der Waals surface area contributed by atoms with Crippen LogP contribution in [0.2, 0.25) is 0 Å². The molecule has 1 heterocycles. The van der Waals surface area contributed by atoms with Crippen LogP contribution >= 0.6 is 0 Å². The summed E-state index contributed by atoms with van der Waals surface area (Å²) in [6, 6.07) is 0. The molecule has 0 saturated carbocycles. The van der Waals surface area contributed by atoms with E-state index in [0.29, 0.717) is 11.3 Å². The van der Waals surface area contributed by atoms with Crippen LogP contribution in [0.15, 0.2) is 12.5 Å². The van der Waals surface area contributed by atoms with Crippen molar-refractivity contribution in [2.45, 2.75) is 25.9 Å². The van der Waals surface area contributed by atoms with E-state index in [0.717, 1.165) is 0 Å². The highest BCUT2D eigenvalue weighted by atomic mass is 16.4. The maximum Gasteiger partial charge on any atom is 0.335 e. The summed E-state index contributed by atoms with van der Waals surface area (Å²) in [5, 5.41) is 18.2. The van der Waals surface area contributed by atoms with Crippen molar-refractivity contribution in [2.75, 3.05) is 0 Å². The standard InChI is InChI=1S/C9H12N2O3/c1-6-7(4-10-5-11-6)3-9(2,14)8(12)13/h4-5,14H,3H2,1-2H3,(H,12,13). The molecule has 1 unspecified atom stereocenters. The van der Waals surface area contributed by atoms with E-state index in [1.54, 1.807) is 6.92 Å². The van der Waals surface area contributed by atoms with Crippen molar-refractivity contribution in [1.29, 1.82) is 0 Å². The van der Waals surface area contributed by atoms with Gasteiger partial charge < -0.3 is 10.2 Å². The van der Waals surface area contributed by atoms with Gasteiger partial charge in [-0.2, -0.15) is 0 Å². The van der Waals surface area contributed by atoms with E-state index in [2.05, 4.69) is 9.97 Å². The van der Waals surface area contributed by atoms with Crippen LogP contribution < -0.4 is 0 Å². The summed E-state index contributed by atoms with van der Waals surface area (Å²) < 4.78 is 0. The van der Waals surface area contributed by atoms with E-state index in [1.807, 2.05) is 0 Å². The molecule has 0 amide bonds. The maximum atomic E-state index is 10.6. The number of rotatable bonds is 3. The molecule has 5 heteroatoms. The molecule has 1 atom stereocenters. The summed E-state index contributed by atoms with van der Waals surface area (Å²) in [5.41, 5.74) is -0.448. The summed E-state index contributed by atoms with van der Waals surface area (Å²) in [5.74, 6) is -1.25. The largest absolute Gasteiger partial charge is 0.479 e. The number of carboxylic acid groups (broad SMARTS) is 1. The van der Waals surface area contributed by atoms with Crippen molar-refractivity contribution in [3.63, 3.8) is 0 Å². The number of aliphatic hydroxyl groups is 1. The summed E-state index contributed by atoms with van der Waals surface area (Å²) in [6.07, 6.45) is 2.91. The summed E-state index contributed by atoms with van der Waals surface area (Å²) in [6.45, 7) is 3.00. The first-order chi connectivity index (χ1) is 6.43. The van der Waals surface area contributed by atoms with Gasteiger partial charge in [0.1, 0.15) is 6.33 Å². The van der Waals surface area contributed by atoms with Crippen molar-refractivity contribution < 1.29 is 15.0 Å². The Morgan fingerprint density at radius 1 is 1.64 bits per heavy atom. The molecule has 0 radical (unpaired) electrons. The number of aryl methyl sites for hydroxylation is 1. The predicted molar refractivity (Wildman–Crippen MR) is 48.7 cm³/mol. The molecule has 0 aromatic carbocycles. The molecular weight excluding hydrogens is 184 g/mol. The zero-order valence-electron chi connectivity index (χ0n) is 8.06. The van der Waals surface area contributed by atoms with Gasteiger partial charge in [-0.25, -0.2) is 14.8 Å². The second kappa shape index (κ2) is 3.71. The molecule has 0 aliphatic carbocycles. The third-order valence-electron chi connectivity index (χ3n) is 2.01. The van der Waals surface area contributed by atoms with Crippen LogP contribution in [-0.2, 0) is 11.2 Å². The quantitative estimate of drug-likeness (QED) is 0.719. The van der Waals surface area contributed by atoms with Crippen molar-refractivity contribution in [1.82, 2.24) is 9.97 Å². The Hall–Kier alpha value is -1.49. The highest BCUT2D eigenvalue weighted by Crippen LogP contribution is 2.14. The molecule has 1 rings (SSSR count). The lowest BCUT2D eigenvalue weighted by atomic mass is 9.97. The smallest absolute Gasteiger partial charge is 0.335 e. The number of hydrogen-bond acceptors (Lipinski definition) is 4. The zero-order valence-corrected chi connectivity index (χ0v) is 8.06. The third-order valence-corrected chi connectivity index (χ3v) is 2.01. The first kappa shape index (κ1) is 10.6. The van der Waals surface area contributed by atoms with Crippen LogP contribution in [0.1, 0.15) is 18.2 Å². The van der Waals surface area contributed by atoms with Crippen LogP contribution in [-0.4, -0.2) is 31.8 Å². The lowest BCUT2D eigenvalue weighted by Gasteiger charge is -2.17. The van der Waals surface area contributed by atoms with Gasteiger partial charge in [-0.1, -0.05) is 0 Å². The SMILES string of the molecule is Cc1ncncc1CC(C)(O)C(=O)O. The molecule has 14 heavy (non-hydrogen) atoms. The van der Waals surface area contributed by atoms with Crippen molar-refractivity contribution in [3.8, 4) is 0 Å². The van der Waals surface area contributed by atoms with Gasteiger partial charge in [-0.3, -0.25) is 0 Å². The molecule has 0 aliphatic rings. The van der Waals surface area contributed by atoms with Crippen LogP contribution in [0.4, 0.5) is 0 Å². The Morgan fingerprint density at radius 3 is 2.79 bits per heavy atom. The number of carbonyl (C=O) groups is 1. The fourth-order valence-corrected chi connectivity index (χ4v) is 1.04. The second-order valence-electron chi connectivity index (χ2n) is 3.39. The molecule has 0 bridgehead atoms. The molecule has 0 spiro atoms. The van der Waals surface area contributed by atoms with Crippen LogP contribution in [0.25, 0.3) is 0 Å². The number of aliphatic carboxylic acids is 1. The minimum atomic E-state index is -1.77. The Morgan fingerprint density at radius 2 is 2.29 bits per heavy atom. The van der Waals surface area contributed by atoms with E-state index in [-0.39, 0.29) is 6.42 Å². The van der Waals surface area contributed by atoms with Crippen LogP contribution in [0.3, 0.4) is 0 Å². The van der Waals surface area contributed by atoms with Crippen LogP contribution in [0, 0.1) is 6.92 Å². The van der Waals surface area contributed by atoms with E-state index >= 15 is 0 Å². The minimum absolute atomic E-state index is 0.00894. The van der Waals surface area contributed by atoms with E-state index < -0.39 is 11.6 Å². The molecule has 2 N–H and O–H groups in total. The average Bonchev–Trinajstić information content (AvgIpc) is 2.08. The Kier molecular flexibility index (Phi) is 2.81. The fourth-order valence-electron chi connectivity index (χ4n) is 1.04. The topological polar surface area (TPSA) is 83.3 Å². The predicted octanol–water partition coefficient (Wildman–Crippen LogP) is 0.163. The normalized spacial score (nSPS) is 14.8. The lowest BCUT2D eigenvalue weighted by Crippen LogP contribution is -2.37. The Bertz CT molecular complexity index is 350. The number of carboxylic acids is 1. The average molecular weight is 196 g/mol. The van der Waals surface area contributed by atoms with Gasteiger partial charge in [0.15, 0.2) is 5.60 Å². The molecule has 0 aliphatic heterocycles. The van der Waals surface area contributed by atoms with E-state index in [9.17, 15) is 9.90 Å². The maximum absolute atomic E-state index is 10.6. The molecule has 1 aromatic rings. The van der Waals surface area contributed by atoms with Crippen molar-refractivity contribution in [3.05, 3.63) is 23.8 Å². The monoisotopic (exact) mass is 196 g/mol. The second-order valence-corrected chi connectivity index (χ2v) is 3.39. The van der Waals surface area contributed by atoms with E-state index in [4.69, 9.17) is 5.11 Å². The van der Waals surface area contributed by atoms with Gasteiger partial charge in [0, 0.05) is 18.3 Å². The third kappa shape index (κ3) is 2.26. The summed E-state index contributed by atoms with van der Waals surface area (Å²) >= 11 is 0. The number of aromatic nitrogens is 2. The van der Waals surface area contributed by atoms with Gasteiger partial charge >= 0.3 is 5.97 Å². The number of nitrogens with zero attached hydrogens (tertiary/aromatic N) is 2. The summed E-state index contributed by atoms with van der Waals surface area (Å²) in [4.78, 5) is 18.3. The first-order valence-electron chi connectivity index (χ1n) is 4.15. The molecular formula is C9H12N2O3. The minimum Gasteiger partial charge on any atom is -0.479 e. The fraction of sp³-hybridized carbons (Fsp3) is 0.444. The van der Waals surface area contributed by atoms with Gasteiger partial charge in [-0.05, 0) is 19.4 Å². The Balaban J connectivity index is 2.89. The number of hydrogen-bond donors (Lipinski definition) is 2. The molecule has 5 nitrogen and oxygen atoms in total. The Labute approximate surface area is 81.4 Å². The van der Waals surface area contributed by atoms with Gasteiger partial charge in [-0.15, -0.1) is 0 Å². The van der Waals surface area contributed by atoms with Crippen molar-refractivity contribution >= 4 is 5.97 Å². The van der Waals surface area contributed by atoms with E-state index in [1.165, 1.54) is 19.4 Å². The molecule has 0 saturated heterocycles. The van der Waals surface area contributed by atoms with Crippen LogP contribution in [0.5, 0.6) is 0 Å². The summed E-state index contributed by atoms with van der Waals surface area (Å²) in [7, 11) is 0. The van der Waals surface area contributed by atoms with Crippen molar-refractivity contribution in [2.24, 2.45) is 0 Å². The van der Waals surface area contributed by atoms with Gasteiger partial charge in [0.25, 0.3) is 0 Å². The molecule has 76 valence electrons.